The van der Waals surface area contributed by atoms with Crippen LogP contribution in [0.25, 0.3) is 0 Å². The number of nitrogens with zero attached hydrogens (tertiary/aromatic N) is 3. The molecule has 0 bridgehead atoms. The normalized spacial score (nSPS) is 23.9. The first kappa shape index (κ1) is 15.3. The van der Waals surface area contributed by atoms with Crippen LogP contribution in [0.5, 0.6) is 0 Å². The van der Waals surface area contributed by atoms with Crippen molar-refractivity contribution in [2.75, 3.05) is 26.2 Å². The first-order chi connectivity index (χ1) is 11.8. The van der Waals surface area contributed by atoms with E-state index in [2.05, 4.69) is 9.88 Å². The van der Waals surface area contributed by atoms with Crippen molar-refractivity contribution in [1.82, 2.24) is 14.8 Å². The zero-order valence-corrected chi connectivity index (χ0v) is 13.5. The van der Waals surface area contributed by atoms with Crippen LogP contribution < -0.4 is 0 Å². The minimum Gasteiger partial charge on any atom is -0.373 e. The van der Waals surface area contributed by atoms with Crippen LogP contribution in [0.1, 0.15) is 15.9 Å². The van der Waals surface area contributed by atoms with Crippen molar-refractivity contribution < 1.29 is 9.53 Å². The molecule has 2 aromatic rings. The molecule has 2 aliphatic heterocycles. The Hall–Kier alpha value is -2.24. The van der Waals surface area contributed by atoms with Gasteiger partial charge in [-0.2, -0.15) is 0 Å². The Kier molecular flexibility index (Phi) is 4.28. The molecule has 2 atom stereocenters. The molecule has 1 amide bonds. The van der Waals surface area contributed by atoms with Crippen LogP contribution in [0.3, 0.4) is 0 Å². The highest BCUT2D eigenvalue weighted by Crippen LogP contribution is 2.25. The van der Waals surface area contributed by atoms with E-state index >= 15 is 0 Å². The number of hydrogen-bond acceptors (Lipinski definition) is 4. The second-order valence-electron chi connectivity index (χ2n) is 6.38. The first-order valence-electron chi connectivity index (χ1n) is 8.40. The van der Waals surface area contributed by atoms with E-state index in [9.17, 15) is 4.79 Å². The van der Waals surface area contributed by atoms with E-state index in [4.69, 9.17) is 4.74 Å². The SMILES string of the molecule is O=C(c1ccccc1)N1CC2OCCN(Cc3ccncc3)C2C1. The van der Waals surface area contributed by atoms with E-state index in [1.165, 1.54) is 5.56 Å². The first-order valence-corrected chi connectivity index (χ1v) is 8.40. The fraction of sp³-hybridized carbons (Fsp3) is 0.368. The lowest BCUT2D eigenvalue weighted by Gasteiger charge is -2.36. The van der Waals surface area contributed by atoms with Gasteiger partial charge in [0.05, 0.1) is 18.8 Å². The van der Waals surface area contributed by atoms with Gasteiger partial charge in [-0.1, -0.05) is 18.2 Å². The molecule has 2 saturated heterocycles. The van der Waals surface area contributed by atoms with Crippen molar-refractivity contribution in [1.29, 1.82) is 0 Å². The summed E-state index contributed by atoms with van der Waals surface area (Å²) in [5.41, 5.74) is 2.00. The minimum absolute atomic E-state index is 0.0949. The molecule has 5 heteroatoms. The Balaban J connectivity index is 1.47. The smallest absolute Gasteiger partial charge is 0.253 e. The molecule has 0 saturated carbocycles. The van der Waals surface area contributed by atoms with Crippen LogP contribution in [0.2, 0.25) is 0 Å². The Morgan fingerprint density at radius 3 is 2.71 bits per heavy atom. The number of hydrogen-bond donors (Lipinski definition) is 0. The number of likely N-dealkylation sites (tertiary alicyclic amines) is 1. The molecule has 0 aliphatic carbocycles. The molecule has 0 spiro atoms. The Morgan fingerprint density at radius 1 is 1.12 bits per heavy atom. The molecule has 0 N–H and O–H groups in total. The van der Waals surface area contributed by atoms with Crippen molar-refractivity contribution in [3.63, 3.8) is 0 Å². The third kappa shape index (κ3) is 3.05. The molecule has 5 nitrogen and oxygen atoms in total. The quantitative estimate of drug-likeness (QED) is 0.864. The largest absolute Gasteiger partial charge is 0.373 e. The Bertz CT molecular complexity index is 692. The number of morpholine rings is 1. The van der Waals surface area contributed by atoms with Gasteiger partial charge in [-0.3, -0.25) is 14.7 Å². The molecule has 4 rings (SSSR count). The Labute approximate surface area is 141 Å². The number of fused-ring (bicyclic) bond motifs is 1. The van der Waals surface area contributed by atoms with Gasteiger partial charge >= 0.3 is 0 Å². The summed E-state index contributed by atoms with van der Waals surface area (Å²) in [6, 6.07) is 13.9. The lowest BCUT2D eigenvalue weighted by atomic mass is 10.1. The summed E-state index contributed by atoms with van der Waals surface area (Å²) >= 11 is 0. The summed E-state index contributed by atoms with van der Waals surface area (Å²) in [5.74, 6) is 0.0949. The zero-order valence-electron chi connectivity index (χ0n) is 13.5. The molecule has 1 aromatic heterocycles. The lowest BCUT2D eigenvalue weighted by Crippen LogP contribution is -2.50. The molecule has 24 heavy (non-hydrogen) atoms. The molecule has 124 valence electrons. The van der Waals surface area contributed by atoms with Gasteiger partial charge < -0.3 is 9.64 Å². The number of ether oxygens (including phenoxy) is 1. The van der Waals surface area contributed by atoms with Crippen LogP contribution >= 0.6 is 0 Å². The standard InChI is InChI=1S/C19H21N3O2/c23-19(16-4-2-1-3-5-16)22-13-17-18(14-22)24-11-10-21(17)12-15-6-8-20-9-7-15/h1-9,17-18H,10-14H2. The van der Waals surface area contributed by atoms with E-state index in [1.54, 1.807) is 0 Å². The molecule has 2 unspecified atom stereocenters. The predicted molar refractivity (Wildman–Crippen MR) is 90.5 cm³/mol. The van der Waals surface area contributed by atoms with Gasteiger partial charge in [0.1, 0.15) is 0 Å². The number of carbonyl (C=O) groups is 1. The molecular weight excluding hydrogens is 302 g/mol. The van der Waals surface area contributed by atoms with Gasteiger partial charge in [-0.15, -0.1) is 0 Å². The molecular formula is C19H21N3O2. The van der Waals surface area contributed by atoms with Gasteiger partial charge in [-0.05, 0) is 29.8 Å². The van der Waals surface area contributed by atoms with Crippen LogP contribution in [-0.2, 0) is 11.3 Å². The highest BCUT2D eigenvalue weighted by molar-refractivity contribution is 5.94. The van der Waals surface area contributed by atoms with Gasteiger partial charge in [0.15, 0.2) is 0 Å². The molecule has 2 aliphatic rings. The number of aromatic nitrogens is 1. The minimum atomic E-state index is 0.0949. The number of amides is 1. The topological polar surface area (TPSA) is 45.7 Å². The second kappa shape index (κ2) is 6.71. The third-order valence-corrected chi connectivity index (χ3v) is 4.86. The average molecular weight is 323 g/mol. The lowest BCUT2D eigenvalue weighted by molar-refractivity contribution is -0.0503. The highest BCUT2D eigenvalue weighted by atomic mass is 16.5. The van der Waals surface area contributed by atoms with E-state index < -0.39 is 0 Å². The van der Waals surface area contributed by atoms with E-state index in [1.807, 2.05) is 59.8 Å². The van der Waals surface area contributed by atoms with Crippen LogP contribution in [0.4, 0.5) is 0 Å². The van der Waals surface area contributed by atoms with E-state index in [-0.39, 0.29) is 18.1 Å². The zero-order chi connectivity index (χ0) is 16.4. The summed E-state index contributed by atoms with van der Waals surface area (Å²) in [7, 11) is 0. The monoisotopic (exact) mass is 323 g/mol. The van der Waals surface area contributed by atoms with Crippen molar-refractivity contribution in [3.8, 4) is 0 Å². The maximum absolute atomic E-state index is 12.7. The predicted octanol–water partition coefficient (Wildman–Crippen LogP) is 1.81. The van der Waals surface area contributed by atoms with Crippen molar-refractivity contribution >= 4 is 5.91 Å². The number of pyridine rings is 1. The average Bonchev–Trinajstić information content (AvgIpc) is 3.08. The van der Waals surface area contributed by atoms with Gasteiger partial charge in [0.2, 0.25) is 0 Å². The molecule has 0 radical (unpaired) electrons. The van der Waals surface area contributed by atoms with Gasteiger partial charge in [0, 0.05) is 44.1 Å². The van der Waals surface area contributed by atoms with E-state index in [0.29, 0.717) is 6.54 Å². The summed E-state index contributed by atoms with van der Waals surface area (Å²) < 4.78 is 5.94. The third-order valence-electron chi connectivity index (χ3n) is 4.86. The number of rotatable bonds is 3. The number of carbonyl (C=O) groups excluding carboxylic acids is 1. The highest BCUT2D eigenvalue weighted by Gasteiger charge is 2.41. The van der Waals surface area contributed by atoms with E-state index in [0.717, 1.165) is 31.8 Å². The molecule has 3 heterocycles. The van der Waals surface area contributed by atoms with Crippen LogP contribution in [0.15, 0.2) is 54.9 Å². The van der Waals surface area contributed by atoms with Gasteiger partial charge in [0.25, 0.3) is 5.91 Å². The summed E-state index contributed by atoms with van der Waals surface area (Å²) in [4.78, 5) is 21.1. The van der Waals surface area contributed by atoms with Crippen molar-refractivity contribution in [2.45, 2.75) is 18.7 Å². The fourth-order valence-corrected chi connectivity index (χ4v) is 3.61. The molecule has 1 aromatic carbocycles. The van der Waals surface area contributed by atoms with Gasteiger partial charge in [-0.25, -0.2) is 0 Å². The van der Waals surface area contributed by atoms with Crippen molar-refractivity contribution in [2.24, 2.45) is 0 Å². The summed E-state index contributed by atoms with van der Waals surface area (Å²) in [5, 5.41) is 0. The summed E-state index contributed by atoms with van der Waals surface area (Å²) in [6.45, 7) is 3.89. The van der Waals surface area contributed by atoms with Crippen LogP contribution in [-0.4, -0.2) is 59.1 Å². The number of benzene rings is 1. The fourth-order valence-electron chi connectivity index (χ4n) is 3.61. The maximum Gasteiger partial charge on any atom is 0.253 e. The van der Waals surface area contributed by atoms with Crippen molar-refractivity contribution in [3.05, 3.63) is 66.0 Å². The summed E-state index contributed by atoms with van der Waals surface area (Å²) in [6.07, 6.45) is 3.76. The maximum atomic E-state index is 12.7. The second-order valence-corrected chi connectivity index (χ2v) is 6.38. The molecule has 2 fully saturated rings. The Morgan fingerprint density at radius 2 is 1.92 bits per heavy atom. The van der Waals surface area contributed by atoms with Crippen LogP contribution in [0, 0.1) is 0 Å².